The van der Waals surface area contributed by atoms with Crippen LogP contribution in [0.15, 0.2) is 0 Å². The number of halogens is 2. The summed E-state index contributed by atoms with van der Waals surface area (Å²) in [5.74, 6) is 0. The topological polar surface area (TPSA) is 126 Å². The molecule has 0 aliphatic carbocycles. The molecule has 0 spiro atoms. The maximum atomic E-state index is 0. The Labute approximate surface area is 82.6 Å². The monoisotopic (exact) mass is 344 g/mol. The summed E-state index contributed by atoms with van der Waals surface area (Å²) in [5, 5.41) is 0. The third-order valence-corrected chi connectivity index (χ3v) is 0. The van der Waals surface area contributed by atoms with Gasteiger partial charge in [0.2, 0.25) is 0 Å². The second-order valence-electron chi connectivity index (χ2n) is 0. The van der Waals surface area contributed by atoms with Crippen LogP contribution in [-0.4, -0.2) is 21.9 Å². The Morgan fingerprint density at radius 1 is 0.429 bits per heavy atom. The average molecular weight is 344 g/mol. The molecule has 0 heterocycles. The van der Waals surface area contributed by atoms with Crippen molar-refractivity contribution in [2.45, 2.75) is 0 Å². The molecule has 0 fully saturated rings. The van der Waals surface area contributed by atoms with Gasteiger partial charge in [0.1, 0.15) is 0 Å². The average Bonchev–Trinajstić information content (AvgIpc) is 0. The van der Waals surface area contributed by atoms with E-state index in [1.54, 1.807) is 0 Å². The number of rotatable bonds is 0. The van der Waals surface area contributed by atoms with Crippen molar-refractivity contribution in [2.75, 3.05) is 0 Å². The second kappa shape index (κ2) is 118. The van der Waals surface area contributed by atoms with Crippen LogP contribution in [0.5, 0.6) is 0 Å². The van der Waals surface area contributed by atoms with E-state index >= 15 is 0 Å². The molecule has 0 aromatic heterocycles. The largest absolute Gasteiger partial charge is 2.00 e. The van der Waals surface area contributed by atoms with Crippen molar-refractivity contribution in [1.29, 1.82) is 0 Å². The van der Waals surface area contributed by atoms with Crippen LogP contribution in [-0.2, 0) is 27.3 Å². The van der Waals surface area contributed by atoms with E-state index in [0.29, 0.717) is 0 Å². The molecule has 0 radical (unpaired) electrons. The van der Waals surface area contributed by atoms with E-state index in [-0.39, 0.29) is 83.2 Å². The van der Waals surface area contributed by atoms with Crippen LogP contribution in [0.2, 0.25) is 0 Å². The van der Waals surface area contributed by atoms with Gasteiger partial charge in [0.15, 0.2) is 0 Å². The smallest absolute Gasteiger partial charge is 1.00 e. The molecule has 0 amide bonds. The molecule has 0 saturated carbocycles. The van der Waals surface area contributed by atoms with Crippen LogP contribution >= 0.6 is 0 Å². The van der Waals surface area contributed by atoms with Gasteiger partial charge < -0.3 is 55.9 Å². The fourth-order valence-electron chi connectivity index (χ4n) is 0. The van der Waals surface area contributed by atoms with Crippen LogP contribution in [0, 0.1) is 0 Å². The fraction of sp³-hybridized carbons (Fsp3) is 0. The summed E-state index contributed by atoms with van der Waals surface area (Å²) < 4.78 is 0. The molecule has 0 aromatic carbocycles. The summed E-state index contributed by atoms with van der Waals surface area (Å²) in [5.41, 5.74) is 0. The van der Waals surface area contributed by atoms with E-state index in [4.69, 9.17) is 0 Å². The molecule has 0 atom stereocenters. The zero-order chi connectivity index (χ0) is 0. The van der Waals surface area contributed by atoms with Gasteiger partial charge in [-0.3, -0.25) is 0 Å². The van der Waals surface area contributed by atoms with Crippen molar-refractivity contribution in [2.24, 2.45) is 0 Å². The molecule has 8 N–H and O–H groups in total. The molecule has 7 heteroatoms. The molecular weight excluding hydrogens is 336 g/mol. The maximum absolute atomic E-state index is 0. The zero-order valence-corrected chi connectivity index (χ0v) is 10.7. The predicted octanol–water partition coefficient (Wildman–Crippen LogP) is -9.29. The first-order chi connectivity index (χ1) is 0. The summed E-state index contributed by atoms with van der Waals surface area (Å²) in [6, 6.07) is 0. The third kappa shape index (κ3) is 85.3. The molecule has 0 bridgehead atoms. The summed E-state index contributed by atoms with van der Waals surface area (Å²) in [6.07, 6.45) is 0. The van der Waals surface area contributed by atoms with E-state index in [2.05, 4.69) is 0 Å². The Morgan fingerprint density at radius 3 is 0.429 bits per heavy atom. The zero-order valence-electron chi connectivity index (χ0n) is 3.46. The van der Waals surface area contributed by atoms with Gasteiger partial charge in [-0.25, -0.2) is 0 Å². The quantitative estimate of drug-likeness (QED) is 0.387. The van der Waals surface area contributed by atoms with Gasteiger partial charge in [0.05, 0.1) is 0 Å². The first kappa shape index (κ1) is 175. The SMILES string of the molecule is O.O.O.O.[Br-].[Br-].[Cd+2]. The fourth-order valence-corrected chi connectivity index (χ4v) is 0. The summed E-state index contributed by atoms with van der Waals surface area (Å²) in [7, 11) is 0. The summed E-state index contributed by atoms with van der Waals surface area (Å²) in [6.45, 7) is 0. The standard InChI is InChI=1S/2BrH.Cd.4H2O/h2*1H;;4*1H2/q;;+2;;;;/p-2. The minimum absolute atomic E-state index is 0. The first-order valence-corrected chi connectivity index (χ1v) is 0. The Hall–Kier alpha value is 1.72. The minimum atomic E-state index is 0. The van der Waals surface area contributed by atoms with E-state index in [9.17, 15) is 0 Å². The third-order valence-electron chi connectivity index (χ3n) is 0. The first-order valence-electron chi connectivity index (χ1n) is 0. The van der Waals surface area contributed by atoms with E-state index in [1.165, 1.54) is 0 Å². The Kier molecular flexibility index (Phi) is 2950. The van der Waals surface area contributed by atoms with Gasteiger partial charge in [-0.15, -0.1) is 0 Å². The van der Waals surface area contributed by atoms with Crippen molar-refractivity contribution in [3.63, 3.8) is 0 Å². The van der Waals surface area contributed by atoms with Crippen molar-refractivity contribution in [3.8, 4) is 0 Å². The van der Waals surface area contributed by atoms with Crippen LogP contribution in [0.1, 0.15) is 0 Å². The number of hydrogen-bond donors (Lipinski definition) is 0. The van der Waals surface area contributed by atoms with Crippen molar-refractivity contribution in [3.05, 3.63) is 0 Å². The molecule has 4 nitrogen and oxygen atoms in total. The predicted molar refractivity (Wildman–Crippen MR) is 14.5 cm³/mol. The van der Waals surface area contributed by atoms with E-state index < -0.39 is 0 Å². The van der Waals surface area contributed by atoms with Crippen LogP contribution in [0.4, 0.5) is 0 Å². The van der Waals surface area contributed by atoms with E-state index in [0.717, 1.165) is 0 Å². The molecule has 0 aliphatic rings. The molecule has 0 rings (SSSR count). The molecule has 7 heavy (non-hydrogen) atoms. The summed E-state index contributed by atoms with van der Waals surface area (Å²) >= 11 is 0. The van der Waals surface area contributed by atoms with Gasteiger partial charge in [-0.05, 0) is 0 Å². The van der Waals surface area contributed by atoms with Gasteiger partial charge in [-0.2, -0.15) is 0 Å². The van der Waals surface area contributed by atoms with Crippen molar-refractivity contribution < 1.29 is 83.2 Å². The molecule has 0 aromatic rings. The molecule has 0 unspecified atom stereocenters. The minimum Gasteiger partial charge on any atom is -1.00 e. The molecule has 0 saturated heterocycles. The number of hydrogen-bond acceptors (Lipinski definition) is 0. The van der Waals surface area contributed by atoms with Gasteiger partial charge >= 0.3 is 27.3 Å². The van der Waals surface area contributed by atoms with Crippen LogP contribution in [0.25, 0.3) is 0 Å². The van der Waals surface area contributed by atoms with Gasteiger partial charge in [0, 0.05) is 0 Å². The van der Waals surface area contributed by atoms with E-state index in [1.807, 2.05) is 0 Å². The van der Waals surface area contributed by atoms with Crippen LogP contribution < -0.4 is 34.0 Å². The van der Waals surface area contributed by atoms with Gasteiger partial charge in [-0.1, -0.05) is 0 Å². The molecule has 48 valence electrons. The Balaban J connectivity index is 0. The second-order valence-corrected chi connectivity index (χ2v) is 0. The Bertz CT molecular complexity index is 9.65. The molecular formula is H8Br2CdO4. The van der Waals surface area contributed by atoms with Crippen molar-refractivity contribution >= 4 is 0 Å². The summed E-state index contributed by atoms with van der Waals surface area (Å²) in [4.78, 5) is 0. The normalized spacial score (nSPS) is 0. The maximum Gasteiger partial charge on any atom is 2.00 e. The van der Waals surface area contributed by atoms with Crippen LogP contribution in [0.3, 0.4) is 0 Å². The Morgan fingerprint density at radius 2 is 0.429 bits per heavy atom. The van der Waals surface area contributed by atoms with Crippen molar-refractivity contribution in [1.82, 2.24) is 0 Å². The molecule has 0 aliphatic heterocycles. The van der Waals surface area contributed by atoms with Gasteiger partial charge in [0.25, 0.3) is 0 Å².